The van der Waals surface area contributed by atoms with Gasteiger partial charge in [0.1, 0.15) is 11.6 Å². The lowest BCUT2D eigenvalue weighted by Crippen LogP contribution is -2.04. The maximum Gasteiger partial charge on any atom is 0.131 e. The second-order valence-electron chi connectivity index (χ2n) is 3.43. The van der Waals surface area contributed by atoms with E-state index in [0.717, 1.165) is 6.07 Å². The third kappa shape index (κ3) is 2.27. The lowest BCUT2D eigenvalue weighted by atomic mass is 10.00. The van der Waals surface area contributed by atoms with Gasteiger partial charge in [-0.15, -0.1) is 0 Å². The third-order valence-electron chi connectivity index (χ3n) is 2.03. The highest BCUT2D eigenvalue weighted by Gasteiger charge is 2.12. The molecule has 0 saturated heterocycles. The first kappa shape index (κ1) is 11.1. The highest BCUT2D eigenvalue weighted by atomic mass is 19.1. The topological polar surface area (TPSA) is 35.2 Å². The Kier molecular flexibility index (Phi) is 3.55. The normalized spacial score (nSPS) is 11.0. The second kappa shape index (κ2) is 4.48. The minimum atomic E-state index is -0.627. The van der Waals surface area contributed by atoms with Crippen molar-refractivity contribution < 1.29 is 13.6 Å². The monoisotopic (exact) mass is 201 g/mol. The summed E-state index contributed by atoms with van der Waals surface area (Å²) in [6, 6.07) is 2.31. The summed E-state index contributed by atoms with van der Waals surface area (Å²) in [5, 5.41) is 0. The lowest BCUT2D eigenvalue weighted by Gasteiger charge is -2.10. The fourth-order valence-corrected chi connectivity index (χ4v) is 1.26. The molecular weight excluding hydrogens is 188 g/mol. The van der Waals surface area contributed by atoms with E-state index in [-0.39, 0.29) is 18.1 Å². The van der Waals surface area contributed by atoms with Crippen molar-refractivity contribution in [3.05, 3.63) is 34.9 Å². The first-order chi connectivity index (χ1) is 6.56. The average Bonchev–Trinajstić information content (AvgIpc) is 2.09. The van der Waals surface area contributed by atoms with Crippen LogP contribution in [-0.4, -0.2) is 0 Å². The molecule has 0 amide bonds. The van der Waals surface area contributed by atoms with Crippen molar-refractivity contribution in [1.29, 1.82) is 0 Å². The second-order valence-corrected chi connectivity index (χ2v) is 3.43. The first-order valence-electron chi connectivity index (χ1n) is 4.35. The van der Waals surface area contributed by atoms with Crippen LogP contribution in [0, 0.1) is 11.6 Å². The molecule has 0 aromatic heterocycles. The minimum absolute atomic E-state index is 0.00660. The van der Waals surface area contributed by atoms with Crippen LogP contribution in [0.1, 0.15) is 30.9 Å². The van der Waals surface area contributed by atoms with Crippen LogP contribution in [0.15, 0.2) is 12.1 Å². The molecule has 0 unspecified atom stereocenters. The molecule has 0 aliphatic rings. The summed E-state index contributed by atoms with van der Waals surface area (Å²) in [6.07, 6.45) is 0. The molecule has 2 N–H and O–H groups in total. The van der Waals surface area contributed by atoms with Crippen molar-refractivity contribution in [3.63, 3.8) is 0 Å². The third-order valence-corrected chi connectivity index (χ3v) is 2.03. The van der Waals surface area contributed by atoms with Crippen LogP contribution < -0.4 is 5.90 Å². The molecule has 0 heterocycles. The Hall–Kier alpha value is -1.00. The Morgan fingerprint density at radius 3 is 2.43 bits per heavy atom. The van der Waals surface area contributed by atoms with E-state index < -0.39 is 11.6 Å². The van der Waals surface area contributed by atoms with Crippen LogP contribution in [0.3, 0.4) is 0 Å². The minimum Gasteiger partial charge on any atom is -0.300 e. The van der Waals surface area contributed by atoms with E-state index in [1.165, 1.54) is 6.07 Å². The number of hydrogen-bond donors (Lipinski definition) is 1. The van der Waals surface area contributed by atoms with Crippen molar-refractivity contribution in [2.75, 3.05) is 0 Å². The fourth-order valence-electron chi connectivity index (χ4n) is 1.26. The number of hydrogen-bond acceptors (Lipinski definition) is 2. The Labute approximate surface area is 81.6 Å². The number of nitrogens with two attached hydrogens (primary N) is 1. The Morgan fingerprint density at radius 2 is 1.93 bits per heavy atom. The van der Waals surface area contributed by atoms with Crippen molar-refractivity contribution >= 4 is 0 Å². The fraction of sp³-hybridized carbons (Fsp3) is 0.400. The SMILES string of the molecule is CC(C)c1cc(CON)c(F)cc1F. The van der Waals surface area contributed by atoms with E-state index in [9.17, 15) is 8.78 Å². The van der Waals surface area contributed by atoms with E-state index in [0.29, 0.717) is 5.56 Å². The highest BCUT2D eigenvalue weighted by Crippen LogP contribution is 2.22. The Balaban J connectivity index is 3.13. The van der Waals surface area contributed by atoms with Gasteiger partial charge in [0.05, 0.1) is 6.61 Å². The molecule has 0 bridgehead atoms. The molecule has 1 aromatic carbocycles. The molecule has 4 heteroatoms. The van der Waals surface area contributed by atoms with E-state index in [2.05, 4.69) is 4.84 Å². The number of halogens is 2. The van der Waals surface area contributed by atoms with Gasteiger partial charge >= 0.3 is 0 Å². The zero-order valence-electron chi connectivity index (χ0n) is 8.18. The summed E-state index contributed by atoms with van der Waals surface area (Å²) >= 11 is 0. The zero-order chi connectivity index (χ0) is 10.7. The number of rotatable bonds is 3. The van der Waals surface area contributed by atoms with Gasteiger partial charge < -0.3 is 0 Å². The summed E-state index contributed by atoms with van der Waals surface area (Å²) in [7, 11) is 0. The average molecular weight is 201 g/mol. The molecule has 2 nitrogen and oxygen atoms in total. The zero-order valence-corrected chi connectivity index (χ0v) is 8.18. The van der Waals surface area contributed by atoms with Crippen LogP contribution in [0.4, 0.5) is 8.78 Å². The Morgan fingerprint density at radius 1 is 1.29 bits per heavy atom. The van der Waals surface area contributed by atoms with E-state index in [4.69, 9.17) is 5.90 Å². The van der Waals surface area contributed by atoms with Crippen LogP contribution in [0.2, 0.25) is 0 Å². The molecule has 78 valence electrons. The molecule has 0 aliphatic heterocycles. The van der Waals surface area contributed by atoms with Gasteiger partial charge in [0.25, 0.3) is 0 Å². The lowest BCUT2D eigenvalue weighted by molar-refractivity contribution is 0.121. The molecule has 0 saturated carbocycles. The smallest absolute Gasteiger partial charge is 0.131 e. The van der Waals surface area contributed by atoms with E-state index in [1.54, 1.807) is 0 Å². The van der Waals surface area contributed by atoms with Gasteiger partial charge in [-0.2, -0.15) is 0 Å². The van der Waals surface area contributed by atoms with Crippen LogP contribution >= 0.6 is 0 Å². The van der Waals surface area contributed by atoms with Gasteiger partial charge in [-0.1, -0.05) is 13.8 Å². The predicted molar refractivity (Wildman–Crippen MR) is 49.4 cm³/mol. The molecule has 0 aliphatic carbocycles. The first-order valence-corrected chi connectivity index (χ1v) is 4.35. The molecule has 0 radical (unpaired) electrons. The standard InChI is InChI=1S/C10H13F2NO/c1-6(2)8-3-7(5-14-13)9(11)4-10(8)12/h3-4,6H,5,13H2,1-2H3. The van der Waals surface area contributed by atoms with Crippen molar-refractivity contribution in [2.24, 2.45) is 5.90 Å². The summed E-state index contributed by atoms with van der Waals surface area (Å²) in [5.41, 5.74) is 0.746. The van der Waals surface area contributed by atoms with Gasteiger partial charge in [-0.25, -0.2) is 14.7 Å². The molecule has 14 heavy (non-hydrogen) atoms. The van der Waals surface area contributed by atoms with Crippen LogP contribution in [-0.2, 0) is 11.4 Å². The summed E-state index contributed by atoms with van der Waals surface area (Å²) in [6.45, 7) is 3.62. The summed E-state index contributed by atoms with van der Waals surface area (Å²) < 4.78 is 26.3. The quantitative estimate of drug-likeness (QED) is 0.762. The van der Waals surface area contributed by atoms with Gasteiger partial charge in [-0.05, 0) is 17.5 Å². The maximum atomic E-state index is 13.2. The van der Waals surface area contributed by atoms with Gasteiger partial charge in [0, 0.05) is 11.6 Å². The molecule has 1 aromatic rings. The van der Waals surface area contributed by atoms with Crippen molar-refractivity contribution in [1.82, 2.24) is 0 Å². The highest BCUT2D eigenvalue weighted by molar-refractivity contribution is 5.28. The summed E-state index contributed by atoms with van der Waals surface area (Å²) in [4.78, 5) is 4.32. The van der Waals surface area contributed by atoms with Crippen molar-refractivity contribution in [2.45, 2.75) is 26.4 Å². The van der Waals surface area contributed by atoms with Gasteiger partial charge in [0.15, 0.2) is 0 Å². The van der Waals surface area contributed by atoms with E-state index >= 15 is 0 Å². The van der Waals surface area contributed by atoms with Crippen molar-refractivity contribution in [3.8, 4) is 0 Å². The largest absolute Gasteiger partial charge is 0.300 e. The molecule has 0 fully saturated rings. The van der Waals surface area contributed by atoms with Gasteiger partial charge in [-0.3, -0.25) is 4.84 Å². The van der Waals surface area contributed by atoms with Gasteiger partial charge in [0.2, 0.25) is 0 Å². The number of benzene rings is 1. The summed E-state index contributed by atoms with van der Waals surface area (Å²) in [5.74, 6) is 3.68. The van der Waals surface area contributed by atoms with E-state index in [1.807, 2.05) is 13.8 Å². The predicted octanol–water partition coefficient (Wildman–Crippen LogP) is 2.48. The molecule has 0 spiro atoms. The molecule has 0 atom stereocenters. The molecular formula is C10H13F2NO. The Bertz CT molecular complexity index is 326. The maximum absolute atomic E-state index is 13.2. The molecule has 1 rings (SSSR count). The van der Waals surface area contributed by atoms with Crippen LogP contribution in [0.25, 0.3) is 0 Å². The van der Waals surface area contributed by atoms with Crippen LogP contribution in [0.5, 0.6) is 0 Å².